The topological polar surface area (TPSA) is 80.2 Å². The van der Waals surface area contributed by atoms with Gasteiger partial charge in [-0.25, -0.2) is 0 Å². The summed E-state index contributed by atoms with van der Waals surface area (Å²) in [4.78, 5) is 0. The molecule has 0 saturated heterocycles. The van der Waals surface area contributed by atoms with E-state index >= 15 is 0 Å². The fourth-order valence-electron chi connectivity index (χ4n) is 2.46. The zero-order chi connectivity index (χ0) is 18.2. The minimum absolute atomic E-state index is 0.0441. The van der Waals surface area contributed by atoms with Crippen molar-refractivity contribution in [2.75, 3.05) is 27.4 Å². The number of aliphatic hydroxyl groups is 1. The lowest BCUT2D eigenvalue weighted by molar-refractivity contribution is 0.196. The number of phenols is 1. The van der Waals surface area contributed by atoms with E-state index < -0.39 is 0 Å². The summed E-state index contributed by atoms with van der Waals surface area (Å²) in [7, 11) is 3.11. The number of phenolic OH excluding ortho intramolecular Hbond substituents is 1. The molecule has 25 heavy (non-hydrogen) atoms. The summed E-state index contributed by atoms with van der Waals surface area (Å²) in [6.07, 6.45) is 0. The van der Waals surface area contributed by atoms with Gasteiger partial charge in [-0.05, 0) is 42.3 Å². The molecule has 6 heteroatoms. The summed E-state index contributed by atoms with van der Waals surface area (Å²) in [5, 5.41) is 22.1. The van der Waals surface area contributed by atoms with Gasteiger partial charge in [0, 0.05) is 12.6 Å². The number of nitrogens with one attached hydrogen (secondary N) is 1. The van der Waals surface area contributed by atoms with E-state index in [1.54, 1.807) is 19.2 Å². The van der Waals surface area contributed by atoms with Crippen molar-refractivity contribution >= 4 is 0 Å². The standard InChI is InChI=1S/C19H25NO5/c1-13(20-12-14-4-6-17(23-2)16(22)10-14)15-5-7-18(25-9-8-21)19(11-15)24-3/h4-7,10-11,13,20-22H,8-9,12H2,1-3H3/t13-/m0/s1. The summed E-state index contributed by atoms with van der Waals surface area (Å²) in [6.45, 7) is 2.83. The van der Waals surface area contributed by atoms with E-state index in [4.69, 9.17) is 19.3 Å². The average Bonchev–Trinajstić information content (AvgIpc) is 2.64. The minimum atomic E-state index is -0.0441. The number of methoxy groups -OCH3 is 2. The first-order valence-electron chi connectivity index (χ1n) is 8.10. The second kappa shape index (κ2) is 9.15. The third-order valence-corrected chi connectivity index (χ3v) is 3.89. The largest absolute Gasteiger partial charge is 0.504 e. The van der Waals surface area contributed by atoms with Gasteiger partial charge in [-0.1, -0.05) is 12.1 Å². The number of hydrogen-bond acceptors (Lipinski definition) is 6. The fourth-order valence-corrected chi connectivity index (χ4v) is 2.46. The summed E-state index contributed by atoms with van der Waals surface area (Å²) in [5.74, 6) is 1.82. The molecule has 1 atom stereocenters. The number of aromatic hydroxyl groups is 1. The van der Waals surface area contributed by atoms with Crippen LogP contribution in [0, 0.1) is 0 Å². The Morgan fingerprint density at radius 1 is 1.00 bits per heavy atom. The van der Waals surface area contributed by atoms with Crippen LogP contribution in [-0.4, -0.2) is 37.6 Å². The first-order valence-corrected chi connectivity index (χ1v) is 8.10. The van der Waals surface area contributed by atoms with Gasteiger partial charge in [0.05, 0.1) is 20.8 Å². The Labute approximate surface area is 148 Å². The second-order valence-corrected chi connectivity index (χ2v) is 5.59. The van der Waals surface area contributed by atoms with Crippen molar-refractivity contribution in [3.8, 4) is 23.0 Å². The van der Waals surface area contributed by atoms with Gasteiger partial charge in [-0.2, -0.15) is 0 Å². The average molecular weight is 347 g/mol. The van der Waals surface area contributed by atoms with Crippen LogP contribution in [0.15, 0.2) is 36.4 Å². The Kier molecular flexibility index (Phi) is 6.91. The zero-order valence-electron chi connectivity index (χ0n) is 14.8. The summed E-state index contributed by atoms with van der Waals surface area (Å²) in [6, 6.07) is 11.1. The van der Waals surface area contributed by atoms with Crippen molar-refractivity contribution in [1.29, 1.82) is 0 Å². The molecule has 2 rings (SSSR count). The maximum absolute atomic E-state index is 9.84. The molecule has 2 aromatic carbocycles. The van der Waals surface area contributed by atoms with Gasteiger partial charge in [0.15, 0.2) is 23.0 Å². The molecular weight excluding hydrogens is 322 g/mol. The van der Waals surface area contributed by atoms with Crippen LogP contribution in [0.1, 0.15) is 24.1 Å². The maximum Gasteiger partial charge on any atom is 0.161 e. The van der Waals surface area contributed by atoms with Crippen molar-refractivity contribution in [3.63, 3.8) is 0 Å². The highest BCUT2D eigenvalue weighted by Gasteiger charge is 2.11. The van der Waals surface area contributed by atoms with Gasteiger partial charge in [0.25, 0.3) is 0 Å². The highest BCUT2D eigenvalue weighted by molar-refractivity contribution is 5.44. The van der Waals surface area contributed by atoms with Crippen molar-refractivity contribution in [1.82, 2.24) is 5.32 Å². The lowest BCUT2D eigenvalue weighted by Gasteiger charge is -2.17. The smallest absolute Gasteiger partial charge is 0.161 e. The normalized spacial score (nSPS) is 11.8. The van der Waals surface area contributed by atoms with Crippen molar-refractivity contribution in [2.24, 2.45) is 0 Å². The molecule has 136 valence electrons. The Bertz CT molecular complexity index is 690. The summed E-state index contributed by atoms with van der Waals surface area (Å²) in [5.41, 5.74) is 2.01. The number of hydrogen-bond donors (Lipinski definition) is 3. The van der Waals surface area contributed by atoms with Crippen LogP contribution < -0.4 is 19.5 Å². The Hall–Kier alpha value is -2.44. The molecule has 0 unspecified atom stereocenters. The van der Waals surface area contributed by atoms with E-state index in [9.17, 15) is 5.11 Å². The van der Waals surface area contributed by atoms with Crippen molar-refractivity contribution in [3.05, 3.63) is 47.5 Å². The molecule has 0 aliphatic carbocycles. The third-order valence-electron chi connectivity index (χ3n) is 3.89. The molecule has 0 aromatic heterocycles. The van der Waals surface area contributed by atoms with E-state index in [-0.39, 0.29) is 25.0 Å². The molecule has 6 nitrogen and oxygen atoms in total. The molecule has 0 heterocycles. The quantitative estimate of drug-likeness (QED) is 0.647. The van der Waals surface area contributed by atoms with Crippen LogP contribution in [0.5, 0.6) is 23.0 Å². The van der Waals surface area contributed by atoms with Crippen LogP contribution in [0.4, 0.5) is 0 Å². The predicted octanol–water partition coefficient (Wildman–Crippen LogP) is 2.63. The molecule has 0 aliphatic rings. The predicted molar refractivity (Wildman–Crippen MR) is 95.5 cm³/mol. The molecule has 2 aromatic rings. The van der Waals surface area contributed by atoms with Crippen LogP contribution in [-0.2, 0) is 6.54 Å². The molecule has 0 fully saturated rings. The van der Waals surface area contributed by atoms with Crippen molar-refractivity contribution < 1.29 is 24.4 Å². The number of aliphatic hydroxyl groups excluding tert-OH is 1. The molecular formula is C19H25NO5. The van der Waals surface area contributed by atoms with Crippen LogP contribution in [0.3, 0.4) is 0 Å². The van der Waals surface area contributed by atoms with Gasteiger partial charge in [0.1, 0.15) is 6.61 Å². The Morgan fingerprint density at radius 2 is 1.72 bits per heavy atom. The number of ether oxygens (including phenoxy) is 3. The summed E-state index contributed by atoms with van der Waals surface area (Å²) >= 11 is 0. The molecule has 0 amide bonds. The summed E-state index contributed by atoms with van der Waals surface area (Å²) < 4.78 is 15.8. The number of rotatable bonds is 9. The Morgan fingerprint density at radius 3 is 2.36 bits per heavy atom. The molecule has 0 aliphatic heterocycles. The van der Waals surface area contributed by atoms with Gasteiger partial charge in [0.2, 0.25) is 0 Å². The second-order valence-electron chi connectivity index (χ2n) is 5.59. The van der Waals surface area contributed by atoms with E-state index in [0.717, 1.165) is 11.1 Å². The van der Waals surface area contributed by atoms with Gasteiger partial charge in [-0.3, -0.25) is 0 Å². The van der Waals surface area contributed by atoms with Gasteiger partial charge < -0.3 is 29.7 Å². The Balaban J connectivity index is 2.02. The molecule has 0 spiro atoms. The number of benzene rings is 2. The zero-order valence-corrected chi connectivity index (χ0v) is 14.8. The molecule has 0 bridgehead atoms. The van der Waals surface area contributed by atoms with Crippen LogP contribution in [0.2, 0.25) is 0 Å². The first-order chi connectivity index (χ1) is 12.1. The lowest BCUT2D eigenvalue weighted by atomic mass is 10.1. The van der Waals surface area contributed by atoms with E-state index in [1.807, 2.05) is 31.2 Å². The monoisotopic (exact) mass is 347 g/mol. The lowest BCUT2D eigenvalue weighted by Crippen LogP contribution is -2.18. The van der Waals surface area contributed by atoms with E-state index in [1.165, 1.54) is 7.11 Å². The highest BCUT2D eigenvalue weighted by Crippen LogP contribution is 2.31. The fraction of sp³-hybridized carbons (Fsp3) is 0.368. The minimum Gasteiger partial charge on any atom is -0.504 e. The van der Waals surface area contributed by atoms with Crippen LogP contribution >= 0.6 is 0 Å². The molecule has 3 N–H and O–H groups in total. The van der Waals surface area contributed by atoms with Crippen molar-refractivity contribution in [2.45, 2.75) is 19.5 Å². The van der Waals surface area contributed by atoms with E-state index in [2.05, 4.69) is 5.32 Å². The van der Waals surface area contributed by atoms with Gasteiger partial charge in [-0.15, -0.1) is 0 Å². The van der Waals surface area contributed by atoms with Gasteiger partial charge >= 0.3 is 0 Å². The molecule has 0 radical (unpaired) electrons. The highest BCUT2D eigenvalue weighted by atomic mass is 16.5. The molecule has 0 saturated carbocycles. The SMILES string of the molecule is COc1ccc(CN[C@@H](C)c2ccc(OCCO)c(OC)c2)cc1O. The van der Waals surface area contributed by atoms with E-state index in [0.29, 0.717) is 23.8 Å². The van der Waals surface area contributed by atoms with Crippen LogP contribution in [0.25, 0.3) is 0 Å². The first kappa shape index (κ1) is 18.9. The maximum atomic E-state index is 9.84. The third kappa shape index (κ3) is 5.01.